The number of hydrogen-bond donors (Lipinski definition) is 0. The molecule has 0 saturated carbocycles. The lowest BCUT2D eigenvalue weighted by molar-refractivity contribution is -0.141. The summed E-state index contributed by atoms with van der Waals surface area (Å²) in [6.07, 6.45) is 0.875. The summed E-state index contributed by atoms with van der Waals surface area (Å²) in [5, 5.41) is 9.89. The average Bonchev–Trinajstić information content (AvgIpc) is 3.21. The van der Waals surface area contributed by atoms with E-state index in [9.17, 15) is 9.59 Å². The monoisotopic (exact) mass is 428 g/mol. The van der Waals surface area contributed by atoms with Gasteiger partial charge in [-0.05, 0) is 31.5 Å². The maximum absolute atomic E-state index is 12.1. The summed E-state index contributed by atoms with van der Waals surface area (Å²) in [5.74, 6) is 0.802. The Morgan fingerprint density at radius 1 is 1.28 bits per heavy atom. The Hall–Kier alpha value is -2.84. The fraction of sp³-hybridized carbons (Fsp3) is 0.250. The predicted octanol–water partition coefficient (Wildman–Crippen LogP) is 3.87. The van der Waals surface area contributed by atoms with E-state index in [0.29, 0.717) is 27.3 Å². The molecule has 0 amide bonds. The normalized spacial score (nSPS) is 15.2. The number of carbonyl (C=O) groups is 2. The molecule has 148 valence electrons. The Morgan fingerprint density at radius 3 is 2.66 bits per heavy atom. The largest absolute Gasteiger partial charge is 0.469 e. The van der Waals surface area contributed by atoms with E-state index in [1.54, 1.807) is 12.1 Å². The molecule has 1 atom stereocenters. The number of esters is 1. The Bertz CT molecular complexity index is 1150. The second-order valence-corrected chi connectivity index (χ2v) is 8.08. The molecule has 3 aromatic rings. The van der Waals surface area contributed by atoms with Crippen LogP contribution in [-0.2, 0) is 9.53 Å². The number of carbonyl (C=O) groups excluding carboxylic acids is 2. The molecule has 0 fully saturated rings. The van der Waals surface area contributed by atoms with E-state index < -0.39 is 12.0 Å². The van der Waals surface area contributed by atoms with Gasteiger partial charge < -0.3 is 4.74 Å². The Kier molecular flexibility index (Phi) is 5.06. The van der Waals surface area contributed by atoms with Crippen molar-refractivity contribution < 1.29 is 14.3 Å². The van der Waals surface area contributed by atoms with Gasteiger partial charge >= 0.3 is 5.97 Å². The highest BCUT2D eigenvalue weighted by atomic mass is 35.5. The number of aliphatic imine (C=N–C) groups is 1. The molecule has 0 aliphatic carbocycles. The van der Waals surface area contributed by atoms with Crippen molar-refractivity contribution in [2.24, 2.45) is 4.99 Å². The van der Waals surface area contributed by atoms with Crippen molar-refractivity contribution >= 4 is 40.9 Å². The van der Waals surface area contributed by atoms with Crippen LogP contribution in [0.15, 0.2) is 29.3 Å². The van der Waals surface area contributed by atoms with Gasteiger partial charge in [-0.1, -0.05) is 23.7 Å². The minimum Gasteiger partial charge on any atom is -0.469 e. The molecule has 0 spiro atoms. The molecule has 0 unspecified atom stereocenters. The average molecular weight is 429 g/mol. The summed E-state index contributed by atoms with van der Waals surface area (Å²) >= 11 is 7.42. The minimum atomic E-state index is -0.576. The molecule has 1 aliphatic heterocycles. The number of aldehydes is 1. The summed E-state index contributed by atoms with van der Waals surface area (Å²) in [5.41, 5.74) is 3.17. The predicted molar refractivity (Wildman–Crippen MR) is 111 cm³/mol. The smallest absolute Gasteiger partial charge is 0.308 e. The highest BCUT2D eigenvalue weighted by molar-refractivity contribution is 7.16. The van der Waals surface area contributed by atoms with Gasteiger partial charge in [-0.2, -0.15) is 0 Å². The van der Waals surface area contributed by atoms with E-state index in [1.807, 2.05) is 30.5 Å². The second kappa shape index (κ2) is 7.53. The maximum Gasteiger partial charge on any atom is 0.308 e. The van der Waals surface area contributed by atoms with E-state index >= 15 is 0 Å². The summed E-state index contributed by atoms with van der Waals surface area (Å²) in [7, 11) is 1.34. The minimum absolute atomic E-state index is 0.0280. The fourth-order valence-electron chi connectivity index (χ4n) is 3.39. The molecule has 4 rings (SSSR count). The molecule has 1 aliphatic rings. The van der Waals surface area contributed by atoms with Crippen molar-refractivity contribution in [1.29, 1.82) is 0 Å². The number of fused-ring (bicyclic) bond motifs is 3. The second-order valence-electron chi connectivity index (χ2n) is 6.61. The number of hydrogen-bond acceptors (Lipinski definition) is 7. The zero-order valence-corrected chi connectivity index (χ0v) is 17.5. The van der Waals surface area contributed by atoms with Gasteiger partial charge in [0.1, 0.15) is 16.9 Å². The van der Waals surface area contributed by atoms with E-state index in [4.69, 9.17) is 21.3 Å². The van der Waals surface area contributed by atoms with Crippen LogP contribution in [0.2, 0.25) is 5.02 Å². The van der Waals surface area contributed by atoms with Gasteiger partial charge in [-0.25, -0.2) is 0 Å². The molecule has 3 heterocycles. The van der Waals surface area contributed by atoms with Gasteiger partial charge in [-0.3, -0.25) is 19.1 Å². The topological polar surface area (TPSA) is 86.4 Å². The first-order chi connectivity index (χ1) is 13.9. The highest BCUT2D eigenvalue weighted by Crippen LogP contribution is 2.39. The number of nitrogens with zero attached hydrogens (tertiary/aromatic N) is 4. The Labute approximate surface area is 176 Å². The molecule has 29 heavy (non-hydrogen) atoms. The first-order valence-electron chi connectivity index (χ1n) is 8.86. The van der Waals surface area contributed by atoms with Gasteiger partial charge in [0, 0.05) is 16.1 Å². The molecule has 2 aromatic heterocycles. The SMILES string of the molecule is COC(=O)C[C@@H]1N=C(c2ccc(Cl)cc2)c2c(sc(C=O)c2C)-n2c(C)nnc21. The molecular formula is C20H17ClN4O3S. The van der Waals surface area contributed by atoms with E-state index in [-0.39, 0.29) is 6.42 Å². The highest BCUT2D eigenvalue weighted by Gasteiger charge is 2.33. The summed E-state index contributed by atoms with van der Waals surface area (Å²) < 4.78 is 6.74. The van der Waals surface area contributed by atoms with Crippen molar-refractivity contribution in [3.8, 4) is 5.00 Å². The van der Waals surface area contributed by atoms with Gasteiger partial charge in [0.2, 0.25) is 0 Å². The third-order valence-electron chi connectivity index (χ3n) is 4.85. The van der Waals surface area contributed by atoms with Gasteiger partial charge in [0.05, 0.1) is 24.1 Å². The first kappa shape index (κ1) is 19.5. The molecule has 7 nitrogen and oxygen atoms in total. The molecule has 0 radical (unpaired) electrons. The molecular weight excluding hydrogens is 412 g/mol. The zero-order chi connectivity index (χ0) is 20.7. The number of methoxy groups -OCH3 is 1. The number of benzene rings is 1. The van der Waals surface area contributed by atoms with Crippen molar-refractivity contribution in [3.05, 3.63) is 62.5 Å². The number of rotatable bonds is 4. The lowest BCUT2D eigenvalue weighted by Gasteiger charge is -2.11. The summed E-state index contributed by atoms with van der Waals surface area (Å²) in [4.78, 5) is 29.2. The first-order valence-corrected chi connectivity index (χ1v) is 10.1. The van der Waals surface area contributed by atoms with Crippen molar-refractivity contribution in [2.45, 2.75) is 26.3 Å². The van der Waals surface area contributed by atoms with Crippen molar-refractivity contribution in [3.63, 3.8) is 0 Å². The molecule has 9 heteroatoms. The summed E-state index contributed by atoms with van der Waals surface area (Å²) in [6.45, 7) is 3.73. The van der Waals surface area contributed by atoms with Gasteiger partial charge in [-0.15, -0.1) is 21.5 Å². The standard InChI is InChI=1S/C20H17ClN4O3S/c1-10-15(9-26)29-20-17(10)18(12-4-6-13(21)7-5-12)22-14(8-16(27)28-3)19-24-23-11(2)25(19)20/h4-7,9,14H,8H2,1-3H3/t14-/m0/s1. The number of aromatic nitrogens is 3. The van der Waals surface area contributed by atoms with Crippen LogP contribution in [-0.4, -0.2) is 39.8 Å². The molecule has 1 aromatic carbocycles. The Balaban J connectivity index is 2.03. The van der Waals surface area contributed by atoms with Crippen LogP contribution in [0.1, 0.15) is 50.5 Å². The van der Waals surface area contributed by atoms with Gasteiger partial charge in [0.15, 0.2) is 12.1 Å². The molecule has 0 saturated heterocycles. The third kappa shape index (κ3) is 3.28. The molecule has 0 bridgehead atoms. The van der Waals surface area contributed by atoms with Crippen LogP contribution in [0.3, 0.4) is 0 Å². The van der Waals surface area contributed by atoms with Crippen LogP contribution in [0.25, 0.3) is 5.00 Å². The number of halogens is 1. The van der Waals surface area contributed by atoms with E-state index in [2.05, 4.69) is 10.2 Å². The van der Waals surface area contributed by atoms with Crippen LogP contribution in [0.4, 0.5) is 0 Å². The van der Waals surface area contributed by atoms with Crippen LogP contribution in [0.5, 0.6) is 0 Å². The Morgan fingerprint density at radius 2 is 2.00 bits per heavy atom. The zero-order valence-electron chi connectivity index (χ0n) is 16.0. The fourth-order valence-corrected chi connectivity index (χ4v) is 4.70. The summed E-state index contributed by atoms with van der Waals surface area (Å²) in [6, 6.07) is 6.74. The van der Waals surface area contributed by atoms with Crippen LogP contribution >= 0.6 is 22.9 Å². The quantitative estimate of drug-likeness (QED) is 0.465. The molecule has 0 N–H and O–H groups in total. The number of thiophene rings is 1. The maximum atomic E-state index is 12.1. The van der Waals surface area contributed by atoms with Crippen molar-refractivity contribution in [2.75, 3.05) is 7.11 Å². The van der Waals surface area contributed by atoms with Gasteiger partial charge in [0.25, 0.3) is 0 Å². The van der Waals surface area contributed by atoms with E-state index in [1.165, 1.54) is 18.4 Å². The number of ether oxygens (including phenoxy) is 1. The number of aryl methyl sites for hydroxylation is 1. The lowest BCUT2D eigenvalue weighted by Crippen LogP contribution is -2.12. The van der Waals surface area contributed by atoms with Crippen LogP contribution in [0, 0.1) is 13.8 Å². The van der Waals surface area contributed by atoms with Crippen LogP contribution < -0.4 is 0 Å². The van der Waals surface area contributed by atoms with E-state index in [0.717, 1.165) is 28.0 Å². The third-order valence-corrected chi connectivity index (χ3v) is 6.30. The lowest BCUT2D eigenvalue weighted by atomic mass is 9.99. The van der Waals surface area contributed by atoms with Crippen molar-refractivity contribution in [1.82, 2.24) is 14.8 Å².